The van der Waals surface area contributed by atoms with Gasteiger partial charge in [0.15, 0.2) is 0 Å². The summed E-state index contributed by atoms with van der Waals surface area (Å²) in [4.78, 5) is 14.2. The highest BCUT2D eigenvalue weighted by Crippen LogP contribution is 2.15. The smallest absolute Gasteiger partial charge is 0.221 e. The lowest BCUT2D eigenvalue weighted by atomic mass is 9.97. The van der Waals surface area contributed by atoms with Crippen molar-refractivity contribution < 1.29 is 4.79 Å². The molecule has 4 nitrogen and oxygen atoms in total. The Morgan fingerprint density at radius 2 is 1.89 bits per heavy atom. The number of rotatable bonds is 7. The number of hydrogen-bond acceptors (Lipinski definition) is 3. The number of piperidine rings is 1. The van der Waals surface area contributed by atoms with Gasteiger partial charge in [-0.05, 0) is 59.5 Å². The van der Waals surface area contributed by atoms with Gasteiger partial charge < -0.3 is 15.5 Å². The summed E-state index contributed by atoms with van der Waals surface area (Å²) in [6.07, 6.45) is 3.14. The Hall–Kier alpha value is -0.610. The van der Waals surface area contributed by atoms with Crippen LogP contribution in [0.25, 0.3) is 0 Å². The van der Waals surface area contributed by atoms with E-state index in [2.05, 4.69) is 29.4 Å². The van der Waals surface area contributed by atoms with E-state index < -0.39 is 0 Å². The molecule has 112 valence electrons. The molecule has 0 aromatic carbocycles. The van der Waals surface area contributed by atoms with Gasteiger partial charge in [-0.25, -0.2) is 0 Å². The quantitative estimate of drug-likeness (QED) is 0.738. The van der Waals surface area contributed by atoms with Crippen LogP contribution in [0.2, 0.25) is 0 Å². The Kier molecular flexibility index (Phi) is 7.39. The van der Waals surface area contributed by atoms with Crippen molar-refractivity contribution in [3.05, 3.63) is 0 Å². The minimum atomic E-state index is 0.172. The Labute approximate surface area is 118 Å². The van der Waals surface area contributed by atoms with Crippen LogP contribution in [0.15, 0.2) is 0 Å². The topological polar surface area (TPSA) is 44.4 Å². The molecule has 1 rings (SSSR count). The first-order valence-electron chi connectivity index (χ1n) is 7.73. The van der Waals surface area contributed by atoms with Crippen LogP contribution in [0.5, 0.6) is 0 Å². The molecular formula is C15H31N3O. The van der Waals surface area contributed by atoms with Crippen molar-refractivity contribution in [1.29, 1.82) is 0 Å². The number of nitrogens with zero attached hydrogens (tertiary/aromatic N) is 1. The van der Waals surface area contributed by atoms with Gasteiger partial charge in [0.2, 0.25) is 5.91 Å². The third-order valence-corrected chi connectivity index (χ3v) is 3.76. The van der Waals surface area contributed by atoms with Crippen molar-refractivity contribution in [1.82, 2.24) is 15.5 Å². The van der Waals surface area contributed by atoms with Crippen LogP contribution >= 0.6 is 0 Å². The van der Waals surface area contributed by atoms with Gasteiger partial charge in [0.05, 0.1) is 0 Å². The van der Waals surface area contributed by atoms with Gasteiger partial charge in [0.25, 0.3) is 0 Å². The Morgan fingerprint density at radius 3 is 2.42 bits per heavy atom. The molecule has 0 aromatic rings. The maximum Gasteiger partial charge on any atom is 0.221 e. The molecule has 2 N–H and O–H groups in total. The van der Waals surface area contributed by atoms with Crippen LogP contribution in [0.3, 0.4) is 0 Å². The van der Waals surface area contributed by atoms with Crippen LogP contribution in [0, 0.1) is 5.92 Å². The van der Waals surface area contributed by atoms with Crippen LogP contribution in [0.1, 0.15) is 47.0 Å². The van der Waals surface area contributed by atoms with Crippen molar-refractivity contribution in [3.63, 3.8) is 0 Å². The van der Waals surface area contributed by atoms with Crippen LogP contribution in [0.4, 0.5) is 0 Å². The minimum Gasteiger partial charge on any atom is -0.354 e. The van der Waals surface area contributed by atoms with Gasteiger partial charge in [-0.2, -0.15) is 0 Å². The zero-order valence-corrected chi connectivity index (χ0v) is 13.0. The molecule has 19 heavy (non-hydrogen) atoms. The lowest BCUT2D eigenvalue weighted by molar-refractivity contribution is -0.122. The fourth-order valence-electron chi connectivity index (χ4n) is 2.60. The summed E-state index contributed by atoms with van der Waals surface area (Å²) in [6.45, 7) is 12.8. The molecular weight excluding hydrogens is 238 g/mol. The zero-order valence-electron chi connectivity index (χ0n) is 13.0. The van der Waals surface area contributed by atoms with E-state index in [0.29, 0.717) is 12.5 Å². The van der Waals surface area contributed by atoms with Gasteiger partial charge in [-0.3, -0.25) is 4.79 Å². The number of carbonyl (C=O) groups is 1. The lowest BCUT2D eigenvalue weighted by Gasteiger charge is -2.32. The van der Waals surface area contributed by atoms with E-state index in [1.165, 1.54) is 12.8 Å². The van der Waals surface area contributed by atoms with E-state index in [9.17, 15) is 4.79 Å². The van der Waals surface area contributed by atoms with Gasteiger partial charge in [0, 0.05) is 31.6 Å². The fourth-order valence-corrected chi connectivity index (χ4v) is 2.60. The van der Waals surface area contributed by atoms with E-state index in [1.54, 1.807) is 0 Å². The van der Waals surface area contributed by atoms with Gasteiger partial charge in [0.1, 0.15) is 0 Å². The normalized spacial score (nSPS) is 17.4. The molecule has 1 heterocycles. The summed E-state index contributed by atoms with van der Waals surface area (Å²) < 4.78 is 0. The Balaban J connectivity index is 2.33. The molecule has 1 fully saturated rings. The summed E-state index contributed by atoms with van der Waals surface area (Å²) in [5, 5.41) is 6.37. The molecule has 0 aliphatic carbocycles. The number of nitrogens with one attached hydrogen (secondary N) is 2. The van der Waals surface area contributed by atoms with Crippen LogP contribution in [-0.2, 0) is 4.79 Å². The van der Waals surface area contributed by atoms with E-state index in [-0.39, 0.29) is 11.9 Å². The highest BCUT2D eigenvalue weighted by Gasteiger charge is 2.19. The molecule has 0 bridgehead atoms. The SMILES string of the molecule is CC(C)NC(=O)CCN(CC1CCNCC1)C(C)C. The summed E-state index contributed by atoms with van der Waals surface area (Å²) in [7, 11) is 0. The molecule has 0 aromatic heterocycles. The summed E-state index contributed by atoms with van der Waals surface area (Å²) in [6, 6.07) is 0.756. The van der Waals surface area contributed by atoms with Crippen molar-refractivity contribution in [2.75, 3.05) is 26.2 Å². The van der Waals surface area contributed by atoms with E-state index in [4.69, 9.17) is 0 Å². The summed E-state index contributed by atoms with van der Waals surface area (Å²) in [5.74, 6) is 0.961. The Morgan fingerprint density at radius 1 is 1.26 bits per heavy atom. The molecule has 0 unspecified atom stereocenters. The average molecular weight is 269 g/mol. The predicted octanol–water partition coefficient (Wildman–Crippen LogP) is 1.61. The maximum atomic E-state index is 11.7. The third kappa shape index (κ3) is 6.92. The van der Waals surface area contributed by atoms with E-state index in [0.717, 1.165) is 32.1 Å². The highest BCUT2D eigenvalue weighted by molar-refractivity contribution is 5.76. The predicted molar refractivity (Wildman–Crippen MR) is 80.2 cm³/mol. The van der Waals surface area contributed by atoms with Crippen molar-refractivity contribution >= 4 is 5.91 Å². The van der Waals surface area contributed by atoms with E-state index >= 15 is 0 Å². The molecule has 1 aliphatic rings. The van der Waals surface area contributed by atoms with Crippen LogP contribution in [-0.4, -0.2) is 49.1 Å². The summed E-state index contributed by atoms with van der Waals surface area (Å²) in [5.41, 5.74) is 0. The molecule has 1 amide bonds. The first kappa shape index (κ1) is 16.4. The third-order valence-electron chi connectivity index (χ3n) is 3.76. The molecule has 4 heteroatoms. The molecule has 0 spiro atoms. The monoisotopic (exact) mass is 269 g/mol. The number of hydrogen-bond donors (Lipinski definition) is 2. The van der Waals surface area contributed by atoms with Gasteiger partial charge in [-0.15, -0.1) is 0 Å². The lowest BCUT2D eigenvalue weighted by Crippen LogP contribution is -2.41. The largest absolute Gasteiger partial charge is 0.354 e. The second kappa shape index (κ2) is 8.54. The Bertz CT molecular complexity index is 260. The number of carbonyl (C=O) groups excluding carboxylic acids is 1. The number of amides is 1. The fraction of sp³-hybridized carbons (Fsp3) is 0.933. The second-order valence-corrected chi connectivity index (χ2v) is 6.25. The highest BCUT2D eigenvalue weighted by atomic mass is 16.1. The average Bonchev–Trinajstić information content (AvgIpc) is 2.34. The first-order chi connectivity index (χ1) is 8.99. The first-order valence-corrected chi connectivity index (χ1v) is 7.73. The maximum absolute atomic E-state index is 11.7. The molecule has 0 atom stereocenters. The zero-order chi connectivity index (χ0) is 14.3. The van der Waals surface area contributed by atoms with Gasteiger partial charge >= 0.3 is 0 Å². The molecule has 1 aliphatic heterocycles. The van der Waals surface area contributed by atoms with Gasteiger partial charge in [-0.1, -0.05) is 0 Å². The van der Waals surface area contributed by atoms with Crippen molar-refractivity contribution in [2.24, 2.45) is 5.92 Å². The van der Waals surface area contributed by atoms with Crippen LogP contribution < -0.4 is 10.6 Å². The van der Waals surface area contributed by atoms with Crippen molar-refractivity contribution in [2.45, 2.75) is 59.0 Å². The molecule has 0 saturated carbocycles. The van der Waals surface area contributed by atoms with Crippen molar-refractivity contribution in [3.8, 4) is 0 Å². The molecule has 1 saturated heterocycles. The standard InChI is InChI=1S/C15H31N3O/c1-12(2)17-15(19)7-10-18(13(3)4)11-14-5-8-16-9-6-14/h12-14,16H,5-11H2,1-4H3,(H,17,19). The van der Waals surface area contributed by atoms with E-state index in [1.807, 2.05) is 13.8 Å². The molecule has 0 radical (unpaired) electrons. The second-order valence-electron chi connectivity index (χ2n) is 6.25. The minimum absolute atomic E-state index is 0.172. The summed E-state index contributed by atoms with van der Waals surface area (Å²) >= 11 is 0.